The van der Waals surface area contributed by atoms with E-state index in [4.69, 9.17) is 4.74 Å². The number of sulfone groups is 1. The number of benzene rings is 1. The molecule has 0 radical (unpaired) electrons. The molecule has 1 amide bonds. The van der Waals surface area contributed by atoms with Crippen molar-refractivity contribution in [3.8, 4) is 0 Å². The lowest BCUT2D eigenvalue weighted by Gasteiger charge is -2.19. The molecule has 0 unspecified atom stereocenters. The zero-order chi connectivity index (χ0) is 18.4. The minimum Gasteiger partial charge on any atom is -0.444 e. The molecule has 0 aliphatic rings. The van der Waals surface area contributed by atoms with Crippen LogP contribution in [-0.2, 0) is 14.6 Å². The first kappa shape index (κ1) is 20.2. The molecule has 1 rings (SSSR count). The molecule has 0 spiro atoms. The Balaban J connectivity index is 2.56. The van der Waals surface area contributed by atoms with Crippen molar-refractivity contribution in [3.63, 3.8) is 0 Å². The molecule has 0 fully saturated rings. The Hall–Kier alpha value is -1.82. The molecule has 0 saturated heterocycles. The third kappa shape index (κ3) is 6.74. The molecule has 24 heavy (non-hydrogen) atoms. The van der Waals surface area contributed by atoms with Gasteiger partial charge in [-0.2, -0.15) is 0 Å². The van der Waals surface area contributed by atoms with Gasteiger partial charge in [-0.25, -0.2) is 13.2 Å². The van der Waals surface area contributed by atoms with Crippen molar-refractivity contribution in [3.05, 3.63) is 35.9 Å². The molecule has 6 heteroatoms. The highest BCUT2D eigenvalue weighted by Gasteiger charge is 2.18. The van der Waals surface area contributed by atoms with Gasteiger partial charge in [0.05, 0.1) is 10.1 Å². The number of carbonyl (C=O) groups is 1. The van der Waals surface area contributed by atoms with Gasteiger partial charge in [-0.3, -0.25) is 0 Å². The molecular weight excluding hydrogens is 326 g/mol. The van der Waals surface area contributed by atoms with E-state index >= 15 is 0 Å². The molecule has 1 aromatic carbocycles. The third-order valence-corrected chi connectivity index (χ3v) is 5.25. The van der Waals surface area contributed by atoms with Crippen LogP contribution in [-0.4, -0.2) is 31.9 Å². The molecule has 0 aromatic heterocycles. The summed E-state index contributed by atoms with van der Waals surface area (Å²) in [6.45, 7) is 9.22. The number of hydrogen-bond acceptors (Lipinski definition) is 4. The normalized spacial score (nSPS) is 12.6. The van der Waals surface area contributed by atoms with Gasteiger partial charge in [0.25, 0.3) is 0 Å². The maximum absolute atomic E-state index is 12.2. The SMILES string of the molecule is CC(C)S(=O)(=O)c1cccc(C=CCCNC(=O)OC(C)(C)C)c1. The lowest BCUT2D eigenvalue weighted by atomic mass is 10.2. The van der Waals surface area contributed by atoms with Gasteiger partial charge in [0.15, 0.2) is 9.84 Å². The van der Waals surface area contributed by atoms with Crippen LogP contribution in [0.5, 0.6) is 0 Å². The Labute approximate surface area is 145 Å². The van der Waals surface area contributed by atoms with E-state index < -0.39 is 26.8 Å². The van der Waals surface area contributed by atoms with Crippen molar-refractivity contribution in [2.75, 3.05) is 6.54 Å². The number of carbonyl (C=O) groups excluding carboxylic acids is 1. The summed E-state index contributed by atoms with van der Waals surface area (Å²) in [7, 11) is -3.27. The summed E-state index contributed by atoms with van der Waals surface area (Å²) in [5, 5.41) is 2.22. The van der Waals surface area contributed by atoms with Gasteiger partial charge in [-0.15, -0.1) is 0 Å². The molecule has 0 heterocycles. The van der Waals surface area contributed by atoms with Gasteiger partial charge in [-0.05, 0) is 58.7 Å². The van der Waals surface area contributed by atoms with Gasteiger partial charge < -0.3 is 10.1 Å². The Morgan fingerprint density at radius 1 is 1.29 bits per heavy atom. The fourth-order valence-electron chi connectivity index (χ4n) is 1.86. The van der Waals surface area contributed by atoms with Gasteiger partial charge in [-0.1, -0.05) is 24.3 Å². The largest absolute Gasteiger partial charge is 0.444 e. The van der Waals surface area contributed by atoms with E-state index in [1.54, 1.807) is 32.0 Å². The minimum absolute atomic E-state index is 0.325. The highest BCUT2D eigenvalue weighted by atomic mass is 32.2. The van der Waals surface area contributed by atoms with Gasteiger partial charge in [0.2, 0.25) is 0 Å². The van der Waals surface area contributed by atoms with Crippen LogP contribution in [0.4, 0.5) is 4.79 Å². The smallest absolute Gasteiger partial charge is 0.407 e. The quantitative estimate of drug-likeness (QED) is 0.790. The first-order chi connectivity index (χ1) is 11.0. The minimum atomic E-state index is -3.27. The molecule has 0 atom stereocenters. The average molecular weight is 353 g/mol. The number of amides is 1. The van der Waals surface area contributed by atoms with Crippen molar-refractivity contribution >= 4 is 22.0 Å². The molecule has 1 aromatic rings. The molecule has 0 aliphatic carbocycles. The first-order valence-electron chi connectivity index (χ1n) is 8.00. The van der Waals surface area contributed by atoms with E-state index in [9.17, 15) is 13.2 Å². The van der Waals surface area contributed by atoms with E-state index in [0.29, 0.717) is 17.9 Å². The second-order valence-corrected chi connectivity index (χ2v) is 9.29. The first-order valence-corrected chi connectivity index (χ1v) is 9.54. The maximum Gasteiger partial charge on any atom is 0.407 e. The Bertz CT molecular complexity index is 685. The Morgan fingerprint density at radius 3 is 2.54 bits per heavy atom. The van der Waals surface area contributed by atoms with Crippen molar-refractivity contribution in [2.45, 2.75) is 56.8 Å². The fraction of sp³-hybridized carbons (Fsp3) is 0.500. The summed E-state index contributed by atoms with van der Waals surface area (Å²) in [5.74, 6) is 0. The zero-order valence-corrected chi connectivity index (χ0v) is 15.8. The number of alkyl carbamates (subject to hydrolysis) is 1. The lowest BCUT2D eigenvalue weighted by molar-refractivity contribution is 0.0529. The molecule has 5 nitrogen and oxygen atoms in total. The summed E-state index contributed by atoms with van der Waals surface area (Å²) in [5.41, 5.74) is 0.302. The number of nitrogens with one attached hydrogen (secondary N) is 1. The predicted molar refractivity (Wildman–Crippen MR) is 96.7 cm³/mol. The zero-order valence-electron chi connectivity index (χ0n) is 15.0. The van der Waals surface area contributed by atoms with Crippen LogP contribution < -0.4 is 5.32 Å². The van der Waals surface area contributed by atoms with Crippen LogP contribution in [0.15, 0.2) is 35.2 Å². The molecule has 134 valence electrons. The molecule has 0 aliphatic heterocycles. The van der Waals surface area contributed by atoms with Crippen molar-refractivity contribution in [1.82, 2.24) is 5.32 Å². The second-order valence-electron chi connectivity index (χ2n) is 6.79. The monoisotopic (exact) mass is 353 g/mol. The summed E-state index contributed by atoms with van der Waals surface area (Å²) >= 11 is 0. The van der Waals surface area contributed by atoms with E-state index in [2.05, 4.69) is 5.32 Å². The van der Waals surface area contributed by atoms with Crippen molar-refractivity contribution in [2.24, 2.45) is 0 Å². The lowest BCUT2D eigenvalue weighted by Crippen LogP contribution is -2.32. The maximum atomic E-state index is 12.2. The summed E-state index contributed by atoms with van der Waals surface area (Å²) < 4.78 is 29.5. The summed E-state index contributed by atoms with van der Waals surface area (Å²) in [6, 6.07) is 6.84. The molecular formula is C18H27NO4S. The predicted octanol–water partition coefficient (Wildman–Crippen LogP) is 3.80. The van der Waals surface area contributed by atoms with E-state index in [0.717, 1.165) is 5.56 Å². The van der Waals surface area contributed by atoms with E-state index in [-0.39, 0.29) is 0 Å². The van der Waals surface area contributed by atoms with Crippen LogP contribution >= 0.6 is 0 Å². The fourth-order valence-corrected chi connectivity index (χ4v) is 2.97. The average Bonchev–Trinajstić information content (AvgIpc) is 2.45. The topological polar surface area (TPSA) is 72.5 Å². The Kier molecular flexibility index (Phi) is 7.02. The highest BCUT2D eigenvalue weighted by Crippen LogP contribution is 2.18. The Morgan fingerprint density at radius 2 is 1.96 bits per heavy atom. The second kappa shape index (κ2) is 8.33. The van der Waals surface area contributed by atoms with Crippen molar-refractivity contribution in [1.29, 1.82) is 0 Å². The van der Waals surface area contributed by atoms with Gasteiger partial charge in [0, 0.05) is 6.54 Å². The van der Waals surface area contributed by atoms with E-state index in [1.165, 1.54) is 0 Å². The van der Waals surface area contributed by atoms with E-state index in [1.807, 2.05) is 39.0 Å². The van der Waals surface area contributed by atoms with Crippen molar-refractivity contribution < 1.29 is 17.9 Å². The van der Waals surface area contributed by atoms with Gasteiger partial charge in [0.1, 0.15) is 5.60 Å². The summed E-state index contributed by atoms with van der Waals surface area (Å²) in [4.78, 5) is 11.8. The van der Waals surface area contributed by atoms with Crippen LogP contribution in [0.2, 0.25) is 0 Å². The van der Waals surface area contributed by atoms with Crippen LogP contribution in [0.25, 0.3) is 6.08 Å². The van der Waals surface area contributed by atoms with Crippen LogP contribution in [0.1, 0.15) is 46.6 Å². The molecule has 0 bridgehead atoms. The summed E-state index contributed by atoms with van der Waals surface area (Å²) in [6.07, 6.45) is 3.91. The van der Waals surface area contributed by atoms with Crippen LogP contribution in [0, 0.1) is 0 Å². The van der Waals surface area contributed by atoms with Crippen LogP contribution in [0.3, 0.4) is 0 Å². The van der Waals surface area contributed by atoms with Gasteiger partial charge >= 0.3 is 6.09 Å². The molecule has 1 N–H and O–H groups in total. The number of rotatable bonds is 6. The third-order valence-electron chi connectivity index (χ3n) is 3.10. The number of ether oxygens (including phenoxy) is 1. The molecule has 0 saturated carbocycles. The highest BCUT2D eigenvalue weighted by molar-refractivity contribution is 7.92. The standard InChI is InChI=1S/C18H27NO4S/c1-14(2)24(21,22)16-11-8-10-15(13-16)9-6-7-12-19-17(20)23-18(3,4)5/h6,8-11,13-14H,7,12H2,1-5H3,(H,19,20). The number of hydrogen-bond donors (Lipinski definition) is 1.